The van der Waals surface area contributed by atoms with Crippen LogP contribution in [0, 0.1) is 0 Å². The van der Waals surface area contributed by atoms with Crippen LogP contribution in [0.5, 0.6) is 0 Å². The molecule has 0 saturated carbocycles. The third kappa shape index (κ3) is 2.40. The number of carbonyl (C=O) groups is 2. The van der Waals surface area contributed by atoms with E-state index in [1.807, 2.05) is 4.90 Å². The Morgan fingerprint density at radius 1 is 1.39 bits per heavy atom. The van der Waals surface area contributed by atoms with Gasteiger partial charge in [-0.2, -0.15) is 0 Å². The Balaban J connectivity index is 2.42. The van der Waals surface area contributed by atoms with Crippen molar-refractivity contribution in [3.8, 4) is 0 Å². The quantitative estimate of drug-likeness (QED) is 0.765. The minimum absolute atomic E-state index is 0.110. The number of hydrogen-bond donors (Lipinski definition) is 2. The molecule has 7 heteroatoms. The molecule has 1 amide bonds. The summed E-state index contributed by atoms with van der Waals surface area (Å²) in [6.45, 7) is 2.23. The van der Waals surface area contributed by atoms with Crippen molar-refractivity contribution in [1.82, 2.24) is 4.98 Å². The van der Waals surface area contributed by atoms with Gasteiger partial charge in [-0.1, -0.05) is 0 Å². The van der Waals surface area contributed by atoms with Crippen molar-refractivity contribution in [3.05, 3.63) is 23.5 Å². The summed E-state index contributed by atoms with van der Waals surface area (Å²) in [5, 5.41) is 8.92. The number of rotatable bonds is 3. The molecule has 0 unspecified atom stereocenters. The molecule has 3 N–H and O–H groups in total. The van der Waals surface area contributed by atoms with Crippen molar-refractivity contribution in [2.45, 2.75) is 0 Å². The van der Waals surface area contributed by atoms with E-state index in [-0.39, 0.29) is 11.3 Å². The van der Waals surface area contributed by atoms with Gasteiger partial charge in [0.2, 0.25) is 0 Å². The third-order valence-corrected chi connectivity index (χ3v) is 2.72. The normalized spacial score (nSPS) is 15.4. The third-order valence-electron chi connectivity index (χ3n) is 2.72. The number of carboxylic acids is 1. The van der Waals surface area contributed by atoms with Gasteiger partial charge in [-0.3, -0.25) is 4.79 Å². The Kier molecular flexibility index (Phi) is 3.42. The van der Waals surface area contributed by atoms with Crippen LogP contribution in [-0.4, -0.2) is 48.3 Å². The molecule has 1 aliphatic heterocycles. The average molecular weight is 251 g/mol. The van der Waals surface area contributed by atoms with Crippen LogP contribution < -0.4 is 10.6 Å². The fourth-order valence-electron chi connectivity index (χ4n) is 1.82. The maximum atomic E-state index is 11.3. The number of carbonyl (C=O) groups excluding carboxylic acids is 1. The summed E-state index contributed by atoms with van der Waals surface area (Å²) in [4.78, 5) is 27.8. The van der Waals surface area contributed by atoms with E-state index in [0.29, 0.717) is 32.0 Å². The molecule has 1 saturated heterocycles. The highest BCUT2D eigenvalue weighted by molar-refractivity contribution is 5.99. The Morgan fingerprint density at radius 2 is 2.06 bits per heavy atom. The van der Waals surface area contributed by atoms with Gasteiger partial charge in [0.25, 0.3) is 5.91 Å². The zero-order valence-electron chi connectivity index (χ0n) is 9.63. The predicted octanol–water partition coefficient (Wildman–Crippen LogP) is -0.285. The van der Waals surface area contributed by atoms with Crippen LogP contribution in [-0.2, 0) is 4.74 Å². The topological polar surface area (TPSA) is 106 Å². The summed E-state index contributed by atoms with van der Waals surface area (Å²) in [5.74, 6) is -1.76. The second-order valence-electron chi connectivity index (χ2n) is 3.86. The fraction of sp³-hybridized carbons (Fsp3) is 0.364. The number of aromatic carboxylic acids is 1. The number of morpholine rings is 1. The molecule has 0 bridgehead atoms. The molecule has 2 heterocycles. The lowest BCUT2D eigenvalue weighted by molar-refractivity contribution is 0.0690. The maximum Gasteiger partial charge on any atom is 0.354 e. The van der Waals surface area contributed by atoms with Gasteiger partial charge in [0, 0.05) is 19.3 Å². The number of ether oxygens (including phenoxy) is 1. The van der Waals surface area contributed by atoms with Gasteiger partial charge in [-0.25, -0.2) is 9.78 Å². The summed E-state index contributed by atoms with van der Waals surface area (Å²) in [5.41, 5.74) is 5.88. The molecular formula is C11H13N3O4. The number of anilines is 1. The van der Waals surface area contributed by atoms with Crippen LogP contribution in [0.15, 0.2) is 12.3 Å². The SMILES string of the molecule is NC(=O)c1cnc(C(=O)O)cc1N1CCOCC1. The van der Waals surface area contributed by atoms with E-state index in [9.17, 15) is 9.59 Å². The number of amides is 1. The molecule has 0 aromatic carbocycles. The first kappa shape index (κ1) is 12.3. The number of pyridine rings is 1. The van der Waals surface area contributed by atoms with E-state index in [2.05, 4.69) is 4.98 Å². The van der Waals surface area contributed by atoms with Gasteiger partial charge in [-0.05, 0) is 6.07 Å². The molecule has 0 spiro atoms. The highest BCUT2D eigenvalue weighted by atomic mass is 16.5. The lowest BCUT2D eigenvalue weighted by Crippen LogP contribution is -2.37. The largest absolute Gasteiger partial charge is 0.477 e. The highest BCUT2D eigenvalue weighted by Gasteiger charge is 2.20. The van der Waals surface area contributed by atoms with Crippen LogP contribution in [0.1, 0.15) is 20.8 Å². The summed E-state index contributed by atoms with van der Waals surface area (Å²) < 4.78 is 5.21. The number of primary amides is 1. The van der Waals surface area contributed by atoms with Crippen molar-refractivity contribution in [2.75, 3.05) is 31.2 Å². The van der Waals surface area contributed by atoms with Gasteiger partial charge in [0.1, 0.15) is 5.69 Å². The van der Waals surface area contributed by atoms with Crippen molar-refractivity contribution >= 4 is 17.6 Å². The van der Waals surface area contributed by atoms with E-state index < -0.39 is 11.9 Å². The molecule has 2 rings (SSSR count). The zero-order chi connectivity index (χ0) is 13.1. The first-order valence-corrected chi connectivity index (χ1v) is 5.45. The highest BCUT2D eigenvalue weighted by Crippen LogP contribution is 2.21. The summed E-state index contributed by atoms with van der Waals surface area (Å²) >= 11 is 0. The van der Waals surface area contributed by atoms with E-state index in [1.165, 1.54) is 12.3 Å². The van der Waals surface area contributed by atoms with Gasteiger partial charge in [0.05, 0.1) is 24.5 Å². The Morgan fingerprint density at radius 3 is 2.61 bits per heavy atom. The van der Waals surface area contributed by atoms with Gasteiger partial charge in [0.15, 0.2) is 0 Å². The molecule has 1 fully saturated rings. The molecule has 0 atom stereocenters. The second kappa shape index (κ2) is 5.01. The zero-order valence-corrected chi connectivity index (χ0v) is 9.63. The summed E-state index contributed by atoms with van der Waals surface area (Å²) in [7, 11) is 0. The van der Waals surface area contributed by atoms with E-state index in [4.69, 9.17) is 15.6 Å². The summed E-state index contributed by atoms with van der Waals surface area (Å²) in [6, 6.07) is 1.37. The number of aromatic nitrogens is 1. The van der Waals surface area contributed by atoms with Crippen LogP contribution in [0.25, 0.3) is 0 Å². The van der Waals surface area contributed by atoms with Crippen molar-refractivity contribution < 1.29 is 19.4 Å². The van der Waals surface area contributed by atoms with Crippen LogP contribution in [0.3, 0.4) is 0 Å². The first-order chi connectivity index (χ1) is 8.59. The van der Waals surface area contributed by atoms with Crippen molar-refractivity contribution in [1.29, 1.82) is 0 Å². The van der Waals surface area contributed by atoms with Crippen LogP contribution >= 0.6 is 0 Å². The number of carboxylic acid groups (broad SMARTS) is 1. The fourth-order valence-corrected chi connectivity index (χ4v) is 1.82. The minimum atomic E-state index is -1.14. The standard InChI is InChI=1S/C11H13N3O4/c12-10(15)7-6-13-8(11(16)17)5-9(7)14-1-3-18-4-2-14/h5-6H,1-4H2,(H2,12,15)(H,16,17). The Bertz CT molecular complexity index is 483. The molecule has 1 aliphatic rings. The van der Waals surface area contributed by atoms with Gasteiger partial charge >= 0.3 is 5.97 Å². The lowest BCUT2D eigenvalue weighted by atomic mass is 10.1. The Hall–Kier alpha value is -2.15. The molecule has 7 nitrogen and oxygen atoms in total. The average Bonchev–Trinajstić information content (AvgIpc) is 2.39. The maximum absolute atomic E-state index is 11.3. The van der Waals surface area contributed by atoms with Crippen LogP contribution in [0.2, 0.25) is 0 Å². The lowest BCUT2D eigenvalue weighted by Gasteiger charge is -2.30. The molecule has 0 radical (unpaired) electrons. The number of nitrogens with two attached hydrogens (primary N) is 1. The van der Waals surface area contributed by atoms with Gasteiger partial charge < -0.3 is 20.5 Å². The van der Waals surface area contributed by atoms with Crippen LogP contribution in [0.4, 0.5) is 5.69 Å². The first-order valence-electron chi connectivity index (χ1n) is 5.45. The number of nitrogens with zero attached hydrogens (tertiary/aromatic N) is 2. The van der Waals surface area contributed by atoms with E-state index in [1.54, 1.807) is 0 Å². The number of hydrogen-bond acceptors (Lipinski definition) is 5. The molecule has 0 aliphatic carbocycles. The van der Waals surface area contributed by atoms with Crippen molar-refractivity contribution in [2.24, 2.45) is 5.73 Å². The molecule has 1 aromatic heterocycles. The van der Waals surface area contributed by atoms with E-state index in [0.717, 1.165) is 0 Å². The van der Waals surface area contributed by atoms with Gasteiger partial charge in [-0.15, -0.1) is 0 Å². The monoisotopic (exact) mass is 251 g/mol. The minimum Gasteiger partial charge on any atom is -0.477 e. The second-order valence-corrected chi connectivity index (χ2v) is 3.86. The molecule has 18 heavy (non-hydrogen) atoms. The Labute approximate surface area is 103 Å². The smallest absolute Gasteiger partial charge is 0.354 e. The summed E-state index contributed by atoms with van der Waals surface area (Å²) in [6.07, 6.45) is 1.20. The van der Waals surface area contributed by atoms with Crippen molar-refractivity contribution in [3.63, 3.8) is 0 Å². The molecule has 96 valence electrons. The predicted molar refractivity (Wildman–Crippen MR) is 62.7 cm³/mol. The molecule has 1 aromatic rings. The van der Waals surface area contributed by atoms with E-state index >= 15 is 0 Å². The molecular weight excluding hydrogens is 238 g/mol.